The Morgan fingerprint density at radius 1 is 1.22 bits per heavy atom. The van der Waals surface area contributed by atoms with Gasteiger partial charge in [0.15, 0.2) is 11.6 Å². The molecule has 0 aliphatic heterocycles. The van der Waals surface area contributed by atoms with Gasteiger partial charge in [0.25, 0.3) is 0 Å². The summed E-state index contributed by atoms with van der Waals surface area (Å²) in [7, 11) is 0. The van der Waals surface area contributed by atoms with Gasteiger partial charge in [0, 0.05) is 6.04 Å². The molecule has 1 aromatic carbocycles. The molecule has 5 heteroatoms. The van der Waals surface area contributed by atoms with Crippen LogP contribution < -0.4 is 11.1 Å². The Hall–Kier alpha value is -1.88. The van der Waals surface area contributed by atoms with Gasteiger partial charge in [-0.2, -0.15) is 0 Å². The van der Waals surface area contributed by atoms with E-state index in [1.165, 1.54) is 0 Å². The maximum atomic E-state index is 9.33. The van der Waals surface area contributed by atoms with Gasteiger partial charge in [-0.05, 0) is 32.4 Å². The SMILES string of the molecule is CC(O)CC(C)Nc1nc2ccccc2nc1N. The molecule has 0 fully saturated rings. The van der Waals surface area contributed by atoms with Crippen molar-refractivity contribution in [3.8, 4) is 0 Å². The number of para-hydroxylation sites is 2. The zero-order chi connectivity index (χ0) is 13.1. The third kappa shape index (κ3) is 2.87. The van der Waals surface area contributed by atoms with Crippen LogP contribution in [0.15, 0.2) is 24.3 Å². The number of anilines is 2. The molecule has 1 aromatic heterocycles. The highest BCUT2D eigenvalue weighted by Gasteiger charge is 2.10. The Morgan fingerprint density at radius 3 is 2.44 bits per heavy atom. The lowest BCUT2D eigenvalue weighted by Crippen LogP contribution is -2.22. The number of nitrogens with one attached hydrogen (secondary N) is 1. The van der Waals surface area contributed by atoms with E-state index in [-0.39, 0.29) is 12.1 Å². The monoisotopic (exact) mass is 246 g/mol. The van der Waals surface area contributed by atoms with E-state index in [1.807, 2.05) is 31.2 Å². The fourth-order valence-electron chi connectivity index (χ4n) is 1.92. The van der Waals surface area contributed by atoms with Crippen molar-refractivity contribution >= 4 is 22.7 Å². The normalized spacial score (nSPS) is 14.4. The average Bonchev–Trinajstić information content (AvgIpc) is 2.29. The number of fused-ring (bicyclic) bond motifs is 1. The number of aliphatic hydroxyl groups is 1. The number of nitrogen functional groups attached to an aromatic ring is 1. The van der Waals surface area contributed by atoms with E-state index in [2.05, 4.69) is 15.3 Å². The first kappa shape index (κ1) is 12.6. The first-order valence-electron chi connectivity index (χ1n) is 6.03. The molecule has 96 valence electrons. The highest BCUT2D eigenvalue weighted by molar-refractivity contribution is 5.79. The van der Waals surface area contributed by atoms with Crippen LogP contribution in [0.25, 0.3) is 11.0 Å². The molecule has 5 nitrogen and oxygen atoms in total. The fraction of sp³-hybridized carbons (Fsp3) is 0.385. The molecule has 0 radical (unpaired) electrons. The molecular weight excluding hydrogens is 228 g/mol. The zero-order valence-corrected chi connectivity index (χ0v) is 10.6. The summed E-state index contributed by atoms with van der Waals surface area (Å²) in [4.78, 5) is 8.74. The second-order valence-electron chi connectivity index (χ2n) is 4.58. The lowest BCUT2D eigenvalue weighted by molar-refractivity contribution is 0.179. The second kappa shape index (κ2) is 5.18. The van der Waals surface area contributed by atoms with Gasteiger partial charge in [0.2, 0.25) is 0 Å². The van der Waals surface area contributed by atoms with Crippen LogP contribution in [0.2, 0.25) is 0 Å². The minimum Gasteiger partial charge on any atom is -0.393 e. The summed E-state index contributed by atoms with van der Waals surface area (Å²) in [6.07, 6.45) is 0.274. The summed E-state index contributed by atoms with van der Waals surface area (Å²) in [5.41, 5.74) is 7.45. The summed E-state index contributed by atoms with van der Waals surface area (Å²) in [5.74, 6) is 0.952. The Morgan fingerprint density at radius 2 is 1.83 bits per heavy atom. The number of nitrogens with zero attached hydrogens (tertiary/aromatic N) is 2. The van der Waals surface area contributed by atoms with Crippen molar-refractivity contribution in [3.63, 3.8) is 0 Å². The fourth-order valence-corrected chi connectivity index (χ4v) is 1.92. The second-order valence-corrected chi connectivity index (χ2v) is 4.58. The van der Waals surface area contributed by atoms with Crippen molar-refractivity contribution in [3.05, 3.63) is 24.3 Å². The van der Waals surface area contributed by atoms with E-state index in [9.17, 15) is 5.11 Å². The summed E-state index contributed by atoms with van der Waals surface area (Å²) >= 11 is 0. The van der Waals surface area contributed by atoms with Crippen LogP contribution in [0, 0.1) is 0 Å². The molecule has 0 amide bonds. The first-order valence-corrected chi connectivity index (χ1v) is 6.03. The van der Waals surface area contributed by atoms with Crippen molar-refractivity contribution in [2.75, 3.05) is 11.1 Å². The summed E-state index contributed by atoms with van der Waals surface area (Å²) in [6, 6.07) is 7.67. The smallest absolute Gasteiger partial charge is 0.169 e. The molecule has 0 saturated carbocycles. The van der Waals surface area contributed by atoms with Crippen molar-refractivity contribution in [2.24, 2.45) is 0 Å². The molecule has 0 aliphatic carbocycles. The lowest BCUT2D eigenvalue weighted by atomic mass is 10.1. The van der Waals surface area contributed by atoms with E-state index >= 15 is 0 Å². The van der Waals surface area contributed by atoms with E-state index in [4.69, 9.17) is 5.73 Å². The largest absolute Gasteiger partial charge is 0.393 e. The average molecular weight is 246 g/mol. The van der Waals surface area contributed by atoms with Crippen LogP contribution in [0.5, 0.6) is 0 Å². The summed E-state index contributed by atoms with van der Waals surface area (Å²) in [6.45, 7) is 3.73. The van der Waals surface area contributed by atoms with Gasteiger partial charge >= 0.3 is 0 Å². The third-order valence-corrected chi connectivity index (χ3v) is 2.68. The maximum Gasteiger partial charge on any atom is 0.169 e. The topological polar surface area (TPSA) is 84.1 Å². The summed E-state index contributed by atoms with van der Waals surface area (Å²) in [5, 5.41) is 12.5. The van der Waals surface area contributed by atoms with E-state index in [0.29, 0.717) is 18.1 Å². The highest BCUT2D eigenvalue weighted by atomic mass is 16.3. The van der Waals surface area contributed by atoms with Crippen molar-refractivity contribution < 1.29 is 5.11 Å². The van der Waals surface area contributed by atoms with Crippen LogP contribution in [-0.2, 0) is 0 Å². The molecule has 4 N–H and O–H groups in total. The molecule has 2 atom stereocenters. The van der Waals surface area contributed by atoms with Crippen molar-refractivity contribution in [1.29, 1.82) is 0 Å². The molecule has 1 heterocycles. The Labute approximate surface area is 106 Å². The van der Waals surface area contributed by atoms with Gasteiger partial charge in [-0.1, -0.05) is 12.1 Å². The number of nitrogens with two attached hydrogens (primary N) is 1. The van der Waals surface area contributed by atoms with Gasteiger partial charge in [-0.3, -0.25) is 0 Å². The van der Waals surface area contributed by atoms with Crippen LogP contribution >= 0.6 is 0 Å². The predicted molar refractivity (Wildman–Crippen MR) is 73.3 cm³/mol. The number of aromatic nitrogens is 2. The van der Waals surface area contributed by atoms with Crippen LogP contribution in [-0.4, -0.2) is 27.2 Å². The standard InChI is InChI=1S/C13H18N4O/c1-8(7-9(2)18)15-13-12(14)16-10-5-3-4-6-11(10)17-13/h3-6,8-9,18H,7H2,1-2H3,(H2,14,16)(H,15,17). The molecule has 18 heavy (non-hydrogen) atoms. The molecule has 2 aromatic rings. The Kier molecular flexibility index (Phi) is 3.62. The zero-order valence-electron chi connectivity index (χ0n) is 10.6. The van der Waals surface area contributed by atoms with E-state index in [0.717, 1.165) is 11.0 Å². The van der Waals surface area contributed by atoms with Gasteiger partial charge in [-0.25, -0.2) is 9.97 Å². The van der Waals surface area contributed by atoms with E-state index < -0.39 is 0 Å². The van der Waals surface area contributed by atoms with Crippen molar-refractivity contribution in [2.45, 2.75) is 32.4 Å². The highest BCUT2D eigenvalue weighted by Crippen LogP contribution is 2.19. The minimum absolute atomic E-state index is 0.0859. The third-order valence-electron chi connectivity index (χ3n) is 2.68. The van der Waals surface area contributed by atoms with Crippen LogP contribution in [0.4, 0.5) is 11.6 Å². The molecule has 0 saturated heterocycles. The molecule has 2 rings (SSSR count). The molecule has 2 unspecified atom stereocenters. The lowest BCUT2D eigenvalue weighted by Gasteiger charge is -2.17. The number of hydrogen-bond acceptors (Lipinski definition) is 5. The van der Waals surface area contributed by atoms with E-state index in [1.54, 1.807) is 6.92 Å². The predicted octanol–water partition coefficient (Wildman–Crippen LogP) is 1.78. The molecular formula is C13H18N4O. The van der Waals surface area contributed by atoms with Gasteiger partial charge in [0.1, 0.15) is 0 Å². The quantitative estimate of drug-likeness (QED) is 0.766. The maximum absolute atomic E-state index is 9.33. The van der Waals surface area contributed by atoms with Gasteiger partial charge in [0.05, 0.1) is 17.1 Å². The van der Waals surface area contributed by atoms with Gasteiger partial charge < -0.3 is 16.2 Å². The molecule has 0 aliphatic rings. The Bertz CT molecular complexity index is 542. The minimum atomic E-state index is -0.359. The number of benzene rings is 1. The van der Waals surface area contributed by atoms with Crippen molar-refractivity contribution in [1.82, 2.24) is 9.97 Å². The first-order chi connectivity index (χ1) is 8.56. The molecule has 0 bridgehead atoms. The Balaban J connectivity index is 2.25. The number of hydrogen-bond donors (Lipinski definition) is 3. The molecule has 0 spiro atoms. The number of rotatable bonds is 4. The van der Waals surface area contributed by atoms with Gasteiger partial charge in [-0.15, -0.1) is 0 Å². The van der Waals surface area contributed by atoms with Crippen LogP contribution in [0.3, 0.4) is 0 Å². The number of aliphatic hydroxyl groups excluding tert-OH is 1. The van der Waals surface area contributed by atoms with Crippen LogP contribution in [0.1, 0.15) is 20.3 Å². The summed E-state index contributed by atoms with van der Waals surface area (Å²) < 4.78 is 0.